The zero-order valence-electron chi connectivity index (χ0n) is 17.0. The van der Waals surface area contributed by atoms with Crippen molar-refractivity contribution in [2.24, 2.45) is 4.99 Å². The lowest BCUT2D eigenvalue weighted by molar-refractivity contribution is 0.373. The molecule has 0 unspecified atom stereocenters. The molecular weight excluding hydrogens is 495 g/mol. The van der Waals surface area contributed by atoms with Gasteiger partial charge < -0.3 is 19.7 Å². The molecule has 0 spiro atoms. The van der Waals surface area contributed by atoms with E-state index in [9.17, 15) is 0 Å². The van der Waals surface area contributed by atoms with Crippen LogP contribution >= 0.6 is 35.3 Å². The number of nitrogens with one attached hydrogen (secondary N) is 1. The maximum Gasteiger partial charge on any atom is 0.193 e. The standard InChI is InChI=1S/C21H28N6S.HI/c1-17-24-18-7-3-4-8-19(18)27(17)11-6-10-23-21(22-2)26-14-12-25(13-15-26)20-9-5-16-28-20;/h3-5,7-9,16H,6,10-15H2,1-2H3,(H,22,23);1H. The van der Waals surface area contributed by atoms with E-state index in [-0.39, 0.29) is 24.0 Å². The van der Waals surface area contributed by atoms with Crippen molar-refractivity contribution in [2.75, 3.05) is 44.7 Å². The second-order valence-electron chi connectivity index (χ2n) is 7.05. The maximum absolute atomic E-state index is 4.65. The van der Waals surface area contributed by atoms with Gasteiger partial charge in [-0.1, -0.05) is 12.1 Å². The summed E-state index contributed by atoms with van der Waals surface area (Å²) in [7, 11) is 1.88. The lowest BCUT2D eigenvalue weighted by Gasteiger charge is -2.37. The Morgan fingerprint density at radius 3 is 2.66 bits per heavy atom. The van der Waals surface area contributed by atoms with E-state index in [1.54, 1.807) is 0 Å². The summed E-state index contributed by atoms with van der Waals surface area (Å²) in [5, 5.41) is 7.06. The molecule has 0 aliphatic carbocycles. The van der Waals surface area contributed by atoms with Crippen LogP contribution in [0, 0.1) is 6.92 Å². The van der Waals surface area contributed by atoms with Gasteiger partial charge in [0.1, 0.15) is 5.82 Å². The fourth-order valence-corrected chi connectivity index (χ4v) is 4.62. The normalized spacial score (nSPS) is 14.9. The van der Waals surface area contributed by atoms with Crippen LogP contribution in [0.2, 0.25) is 0 Å². The third kappa shape index (κ3) is 5.03. The van der Waals surface area contributed by atoms with E-state index in [4.69, 9.17) is 0 Å². The van der Waals surface area contributed by atoms with Gasteiger partial charge >= 0.3 is 0 Å². The fraction of sp³-hybridized carbons (Fsp3) is 0.429. The molecular formula is C21H29IN6S. The smallest absolute Gasteiger partial charge is 0.193 e. The minimum Gasteiger partial charge on any atom is -0.360 e. The molecule has 156 valence electrons. The summed E-state index contributed by atoms with van der Waals surface area (Å²) in [6.45, 7) is 8.04. The van der Waals surface area contributed by atoms with Gasteiger partial charge in [0, 0.05) is 46.3 Å². The molecule has 0 amide bonds. The first kappa shape index (κ1) is 21.9. The van der Waals surface area contributed by atoms with Crippen molar-refractivity contribution in [1.82, 2.24) is 19.8 Å². The summed E-state index contributed by atoms with van der Waals surface area (Å²) < 4.78 is 2.31. The number of thiophene rings is 1. The van der Waals surface area contributed by atoms with Crippen LogP contribution < -0.4 is 10.2 Å². The molecule has 1 fully saturated rings. The molecule has 1 aromatic carbocycles. The van der Waals surface area contributed by atoms with E-state index in [1.807, 2.05) is 24.5 Å². The van der Waals surface area contributed by atoms with Crippen molar-refractivity contribution in [3.05, 3.63) is 47.6 Å². The molecule has 2 aromatic heterocycles. The first-order valence-corrected chi connectivity index (χ1v) is 10.8. The molecule has 4 rings (SSSR count). The Hall–Kier alpha value is -1.81. The third-order valence-corrected chi connectivity index (χ3v) is 6.22. The van der Waals surface area contributed by atoms with Crippen molar-refractivity contribution in [1.29, 1.82) is 0 Å². The zero-order valence-corrected chi connectivity index (χ0v) is 20.2. The summed E-state index contributed by atoms with van der Waals surface area (Å²) in [5.74, 6) is 2.09. The van der Waals surface area contributed by atoms with Crippen LogP contribution in [0.15, 0.2) is 46.8 Å². The average molecular weight is 524 g/mol. The fourth-order valence-electron chi connectivity index (χ4n) is 3.84. The molecule has 8 heteroatoms. The number of guanidine groups is 1. The van der Waals surface area contributed by atoms with Crippen LogP contribution in [0.3, 0.4) is 0 Å². The Morgan fingerprint density at radius 1 is 1.14 bits per heavy atom. The molecule has 1 aliphatic heterocycles. The maximum atomic E-state index is 4.65. The Balaban J connectivity index is 0.00000240. The van der Waals surface area contributed by atoms with Gasteiger partial charge in [-0.25, -0.2) is 4.98 Å². The predicted octanol–water partition coefficient (Wildman–Crippen LogP) is 3.81. The van der Waals surface area contributed by atoms with Gasteiger partial charge in [0.15, 0.2) is 5.96 Å². The highest BCUT2D eigenvalue weighted by Crippen LogP contribution is 2.22. The van der Waals surface area contributed by atoms with Crippen molar-refractivity contribution < 1.29 is 0 Å². The predicted molar refractivity (Wildman–Crippen MR) is 134 cm³/mol. The van der Waals surface area contributed by atoms with Crippen molar-refractivity contribution in [3.63, 3.8) is 0 Å². The second-order valence-corrected chi connectivity index (χ2v) is 7.98. The number of hydrogen-bond acceptors (Lipinski definition) is 4. The summed E-state index contributed by atoms with van der Waals surface area (Å²) in [4.78, 5) is 14.0. The SMILES string of the molecule is CN=C(NCCCn1c(C)nc2ccccc21)N1CCN(c2cccs2)CC1.I. The van der Waals surface area contributed by atoms with Gasteiger partial charge in [0.25, 0.3) is 0 Å². The highest BCUT2D eigenvalue weighted by atomic mass is 127. The molecule has 3 aromatic rings. The molecule has 0 saturated carbocycles. The zero-order chi connectivity index (χ0) is 19.3. The van der Waals surface area contributed by atoms with Crippen LogP contribution in [0.4, 0.5) is 5.00 Å². The van der Waals surface area contributed by atoms with Gasteiger partial charge in [-0.3, -0.25) is 4.99 Å². The topological polar surface area (TPSA) is 48.7 Å². The van der Waals surface area contributed by atoms with E-state index in [2.05, 4.69) is 72.3 Å². The molecule has 1 aliphatic rings. The molecule has 0 bridgehead atoms. The van der Waals surface area contributed by atoms with Gasteiger partial charge in [-0.15, -0.1) is 35.3 Å². The van der Waals surface area contributed by atoms with Crippen LogP contribution in [0.25, 0.3) is 11.0 Å². The molecule has 0 atom stereocenters. The van der Waals surface area contributed by atoms with Crippen LogP contribution in [0.1, 0.15) is 12.2 Å². The number of anilines is 1. The summed E-state index contributed by atoms with van der Waals surface area (Å²) in [6.07, 6.45) is 1.04. The third-order valence-electron chi connectivity index (χ3n) is 5.30. The number of benzene rings is 1. The van der Waals surface area contributed by atoms with E-state index >= 15 is 0 Å². The van der Waals surface area contributed by atoms with Gasteiger partial charge in [0.2, 0.25) is 0 Å². The minimum atomic E-state index is 0. The van der Waals surface area contributed by atoms with E-state index in [0.717, 1.165) is 63.0 Å². The summed E-state index contributed by atoms with van der Waals surface area (Å²) >= 11 is 1.82. The number of aliphatic imine (C=N–C) groups is 1. The molecule has 3 heterocycles. The van der Waals surface area contributed by atoms with E-state index in [0.29, 0.717) is 0 Å². The monoisotopic (exact) mass is 524 g/mol. The average Bonchev–Trinajstić information content (AvgIpc) is 3.36. The summed E-state index contributed by atoms with van der Waals surface area (Å²) in [5.41, 5.74) is 2.29. The first-order chi connectivity index (χ1) is 13.8. The van der Waals surface area contributed by atoms with E-state index in [1.165, 1.54) is 10.5 Å². The van der Waals surface area contributed by atoms with Gasteiger partial charge in [-0.05, 0) is 43.0 Å². The number of aryl methyl sites for hydroxylation is 2. The molecule has 0 radical (unpaired) electrons. The van der Waals surface area contributed by atoms with E-state index < -0.39 is 0 Å². The number of fused-ring (bicyclic) bond motifs is 1. The number of imidazole rings is 1. The second kappa shape index (κ2) is 10.3. The number of rotatable bonds is 5. The number of para-hydroxylation sites is 2. The number of hydrogen-bond donors (Lipinski definition) is 1. The molecule has 1 saturated heterocycles. The summed E-state index contributed by atoms with van der Waals surface area (Å²) in [6, 6.07) is 12.7. The Bertz CT molecular complexity index is 928. The van der Waals surface area contributed by atoms with Crippen molar-refractivity contribution in [2.45, 2.75) is 19.9 Å². The van der Waals surface area contributed by atoms with Crippen LogP contribution in [0.5, 0.6) is 0 Å². The largest absolute Gasteiger partial charge is 0.360 e. The van der Waals surface area contributed by atoms with Crippen molar-refractivity contribution >= 4 is 57.3 Å². The lowest BCUT2D eigenvalue weighted by Crippen LogP contribution is -2.52. The molecule has 1 N–H and O–H groups in total. The first-order valence-electron chi connectivity index (χ1n) is 9.92. The quantitative estimate of drug-likeness (QED) is 0.239. The Morgan fingerprint density at radius 2 is 1.93 bits per heavy atom. The number of piperazine rings is 1. The Labute approximate surface area is 193 Å². The molecule has 29 heavy (non-hydrogen) atoms. The number of halogens is 1. The van der Waals surface area contributed by atoms with Gasteiger partial charge in [-0.2, -0.15) is 0 Å². The van der Waals surface area contributed by atoms with Gasteiger partial charge in [0.05, 0.1) is 16.0 Å². The minimum absolute atomic E-state index is 0. The Kier molecular flexibility index (Phi) is 7.77. The van der Waals surface area contributed by atoms with Crippen molar-refractivity contribution in [3.8, 4) is 0 Å². The molecule has 6 nitrogen and oxygen atoms in total. The number of aromatic nitrogens is 2. The highest BCUT2D eigenvalue weighted by molar-refractivity contribution is 14.0. The van der Waals surface area contributed by atoms with Crippen LogP contribution in [-0.4, -0.2) is 60.2 Å². The lowest BCUT2D eigenvalue weighted by atomic mass is 10.3. The van der Waals surface area contributed by atoms with Crippen LogP contribution in [-0.2, 0) is 6.54 Å². The highest BCUT2D eigenvalue weighted by Gasteiger charge is 2.20. The number of nitrogens with zero attached hydrogens (tertiary/aromatic N) is 5.